The molecule has 0 aromatic heterocycles. The maximum absolute atomic E-state index is 14.8. The van der Waals surface area contributed by atoms with Crippen LogP contribution < -0.4 is 15.5 Å². The third-order valence-electron chi connectivity index (χ3n) is 5.72. The monoisotopic (exact) mass is 421 g/mol. The van der Waals surface area contributed by atoms with Gasteiger partial charge in [-0.05, 0) is 55.6 Å². The van der Waals surface area contributed by atoms with Gasteiger partial charge in [0.05, 0.1) is 15.6 Å². The Morgan fingerprint density at radius 2 is 2.04 bits per heavy atom. The van der Waals surface area contributed by atoms with Gasteiger partial charge in [-0.3, -0.25) is 4.79 Å². The van der Waals surface area contributed by atoms with Crippen LogP contribution in [-0.2, 0) is 16.8 Å². The average Bonchev–Trinajstić information content (AvgIpc) is 3.09. The summed E-state index contributed by atoms with van der Waals surface area (Å²) in [7, 11) is 1.80. The van der Waals surface area contributed by atoms with Crippen LogP contribution in [0.2, 0.25) is 10.0 Å². The highest BCUT2D eigenvalue weighted by atomic mass is 35.5. The molecule has 2 aliphatic heterocycles. The quantitative estimate of drug-likeness (QED) is 0.703. The Morgan fingerprint density at radius 3 is 2.79 bits per heavy atom. The van der Waals surface area contributed by atoms with Crippen LogP contribution in [0.3, 0.4) is 0 Å². The number of fused-ring (bicyclic) bond motifs is 1. The molecule has 1 saturated heterocycles. The fourth-order valence-corrected chi connectivity index (χ4v) is 4.71. The number of aryl methyl sites for hydroxylation is 1. The van der Waals surface area contributed by atoms with E-state index in [1.54, 1.807) is 11.9 Å². The van der Waals surface area contributed by atoms with Gasteiger partial charge in [0.15, 0.2) is 0 Å². The third-order valence-corrected chi connectivity index (χ3v) is 6.52. The van der Waals surface area contributed by atoms with Gasteiger partial charge in [-0.15, -0.1) is 0 Å². The minimum absolute atomic E-state index is 0.108. The van der Waals surface area contributed by atoms with Gasteiger partial charge < -0.3 is 15.5 Å². The van der Waals surface area contributed by atoms with E-state index in [0.29, 0.717) is 30.0 Å². The Balaban J connectivity index is 1.76. The van der Waals surface area contributed by atoms with E-state index in [1.807, 2.05) is 18.2 Å². The maximum atomic E-state index is 14.8. The topological polar surface area (TPSA) is 44.4 Å². The summed E-state index contributed by atoms with van der Waals surface area (Å²) in [6.45, 7) is 1.26. The number of nitrogens with one attached hydrogen (secondary N) is 2. The van der Waals surface area contributed by atoms with Crippen LogP contribution in [0.1, 0.15) is 30.4 Å². The molecule has 0 aliphatic carbocycles. The summed E-state index contributed by atoms with van der Waals surface area (Å²) in [5.74, 6) is -0.273. The van der Waals surface area contributed by atoms with Crippen molar-refractivity contribution in [2.45, 2.75) is 31.2 Å². The van der Waals surface area contributed by atoms with E-state index in [4.69, 9.17) is 23.2 Å². The van der Waals surface area contributed by atoms with Gasteiger partial charge in [-0.2, -0.15) is 0 Å². The Bertz CT molecular complexity index is 928. The molecule has 2 aromatic carbocycles. The molecule has 28 heavy (non-hydrogen) atoms. The molecule has 0 bridgehead atoms. The molecule has 0 saturated carbocycles. The van der Waals surface area contributed by atoms with Crippen LogP contribution in [0.4, 0.5) is 15.8 Å². The first kappa shape index (κ1) is 19.5. The summed E-state index contributed by atoms with van der Waals surface area (Å²) in [5.41, 5.74) is 2.52. The first-order valence-corrected chi connectivity index (χ1v) is 10.2. The van der Waals surface area contributed by atoms with E-state index in [9.17, 15) is 9.18 Å². The van der Waals surface area contributed by atoms with Crippen molar-refractivity contribution in [1.29, 1.82) is 0 Å². The highest BCUT2D eigenvalue weighted by Crippen LogP contribution is 2.41. The number of nitrogens with zero attached hydrogens (tertiary/aromatic N) is 1. The van der Waals surface area contributed by atoms with Crippen LogP contribution >= 0.6 is 23.2 Å². The summed E-state index contributed by atoms with van der Waals surface area (Å²) in [4.78, 5) is 14.0. The highest BCUT2D eigenvalue weighted by molar-refractivity contribution is 6.42. The second-order valence-electron chi connectivity index (χ2n) is 7.50. The lowest BCUT2D eigenvalue weighted by Gasteiger charge is -2.33. The van der Waals surface area contributed by atoms with Crippen LogP contribution in [0.5, 0.6) is 0 Å². The van der Waals surface area contributed by atoms with Gasteiger partial charge in [0.1, 0.15) is 5.82 Å². The zero-order valence-corrected chi connectivity index (χ0v) is 17.1. The van der Waals surface area contributed by atoms with E-state index >= 15 is 0 Å². The van der Waals surface area contributed by atoms with Gasteiger partial charge >= 0.3 is 0 Å². The zero-order valence-electron chi connectivity index (χ0n) is 15.6. The highest BCUT2D eigenvalue weighted by Gasteiger charge is 2.40. The number of carbonyl (C=O) groups is 1. The SMILES string of the molecule is CN1C(=O)CCCc2ccc(NC3(c4c(F)ccc(Cl)c4Cl)CCNC3)cc21. The number of halogens is 3. The van der Waals surface area contributed by atoms with Crippen molar-refractivity contribution in [3.63, 3.8) is 0 Å². The molecule has 2 heterocycles. The zero-order chi connectivity index (χ0) is 19.9. The number of hydrogen-bond donors (Lipinski definition) is 2. The van der Waals surface area contributed by atoms with Crippen molar-refractivity contribution in [1.82, 2.24) is 5.32 Å². The molecule has 4 rings (SSSR count). The Labute approximate surface area is 174 Å². The van der Waals surface area contributed by atoms with E-state index in [-0.39, 0.29) is 16.7 Å². The Hall–Kier alpha value is -1.82. The fourth-order valence-electron chi connectivity index (χ4n) is 4.21. The van der Waals surface area contributed by atoms with Crippen molar-refractivity contribution in [2.75, 3.05) is 30.4 Å². The largest absolute Gasteiger partial charge is 0.374 e. The first-order chi connectivity index (χ1) is 13.4. The van der Waals surface area contributed by atoms with Crippen LogP contribution in [0.25, 0.3) is 0 Å². The molecule has 4 nitrogen and oxygen atoms in total. The molecule has 2 N–H and O–H groups in total. The van der Waals surface area contributed by atoms with Gasteiger partial charge in [0, 0.05) is 37.0 Å². The lowest BCUT2D eigenvalue weighted by Crippen LogP contribution is -2.39. The molecule has 7 heteroatoms. The average molecular weight is 422 g/mol. The maximum Gasteiger partial charge on any atom is 0.226 e. The molecule has 2 aromatic rings. The van der Waals surface area contributed by atoms with Crippen molar-refractivity contribution in [3.8, 4) is 0 Å². The fraction of sp³-hybridized carbons (Fsp3) is 0.381. The molecule has 1 unspecified atom stereocenters. The first-order valence-electron chi connectivity index (χ1n) is 9.44. The smallest absolute Gasteiger partial charge is 0.226 e. The minimum atomic E-state index is -0.715. The molecule has 148 valence electrons. The lowest BCUT2D eigenvalue weighted by molar-refractivity contribution is -0.118. The predicted octanol–water partition coefficient (Wildman–Crippen LogP) is 4.73. The van der Waals surface area contributed by atoms with Crippen molar-refractivity contribution in [2.24, 2.45) is 0 Å². The van der Waals surface area contributed by atoms with Crippen LogP contribution in [0.15, 0.2) is 30.3 Å². The van der Waals surface area contributed by atoms with Crippen LogP contribution in [-0.4, -0.2) is 26.0 Å². The molecule has 2 aliphatic rings. The number of carbonyl (C=O) groups excluding carboxylic acids is 1. The number of anilines is 2. The molecule has 0 spiro atoms. The van der Waals surface area contributed by atoms with Gasteiger partial charge in [-0.25, -0.2) is 4.39 Å². The number of rotatable bonds is 3. The summed E-state index contributed by atoms with van der Waals surface area (Å²) in [6, 6.07) is 8.82. The molecular formula is C21H22Cl2FN3O. The van der Waals surface area contributed by atoms with Crippen molar-refractivity contribution < 1.29 is 9.18 Å². The second kappa shape index (κ2) is 7.54. The number of amides is 1. The van der Waals surface area contributed by atoms with Crippen molar-refractivity contribution >= 4 is 40.5 Å². The van der Waals surface area contributed by atoms with E-state index in [0.717, 1.165) is 36.3 Å². The van der Waals surface area contributed by atoms with Crippen LogP contribution in [0, 0.1) is 5.82 Å². The third kappa shape index (κ3) is 3.36. The molecular weight excluding hydrogens is 400 g/mol. The summed E-state index contributed by atoms with van der Waals surface area (Å²) >= 11 is 12.6. The molecule has 0 radical (unpaired) electrons. The number of hydrogen-bond acceptors (Lipinski definition) is 3. The standard InChI is InChI=1S/C21H22Cl2FN3O/c1-27-17-11-14(6-5-13(17)3-2-4-18(27)28)26-21(9-10-25-12-21)19-16(24)8-7-15(22)20(19)23/h5-8,11,25-26H,2-4,9-10,12H2,1H3. The van der Waals surface area contributed by atoms with E-state index in [1.165, 1.54) is 12.1 Å². The van der Waals surface area contributed by atoms with Gasteiger partial charge in [-0.1, -0.05) is 29.3 Å². The Kier molecular flexibility index (Phi) is 5.25. The normalized spacial score (nSPS) is 22.1. The Morgan fingerprint density at radius 1 is 1.21 bits per heavy atom. The second-order valence-corrected chi connectivity index (χ2v) is 8.29. The summed E-state index contributed by atoms with van der Waals surface area (Å²) in [6.07, 6.45) is 2.92. The number of benzene rings is 2. The molecule has 1 amide bonds. The lowest BCUT2D eigenvalue weighted by atomic mass is 9.87. The van der Waals surface area contributed by atoms with E-state index < -0.39 is 5.54 Å². The van der Waals surface area contributed by atoms with Gasteiger partial charge in [0.25, 0.3) is 0 Å². The molecule has 1 fully saturated rings. The molecule has 1 atom stereocenters. The van der Waals surface area contributed by atoms with Gasteiger partial charge in [0.2, 0.25) is 5.91 Å². The van der Waals surface area contributed by atoms with Crippen molar-refractivity contribution in [3.05, 3.63) is 57.3 Å². The summed E-state index contributed by atoms with van der Waals surface area (Å²) in [5, 5.41) is 7.37. The minimum Gasteiger partial charge on any atom is -0.374 e. The predicted molar refractivity (Wildman–Crippen MR) is 112 cm³/mol. The summed E-state index contributed by atoms with van der Waals surface area (Å²) < 4.78 is 14.8. The van der Waals surface area contributed by atoms with E-state index in [2.05, 4.69) is 10.6 Å².